The Morgan fingerprint density at radius 2 is 1.69 bits per heavy atom. The van der Waals surface area contributed by atoms with Gasteiger partial charge in [0.25, 0.3) is 5.91 Å². The normalized spacial score (nSPS) is 10.9. The predicted octanol–water partition coefficient (Wildman–Crippen LogP) is 3.62. The Bertz CT molecular complexity index is 836. The summed E-state index contributed by atoms with van der Waals surface area (Å²) in [7, 11) is 3.25. The molecule has 9 heteroatoms. The highest BCUT2D eigenvalue weighted by molar-refractivity contribution is 5.90. The number of ether oxygens (including phenoxy) is 2. The van der Waals surface area contributed by atoms with E-state index in [1.165, 1.54) is 23.1 Å². The van der Waals surface area contributed by atoms with Gasteiger partial charge in [0, 0.05) is 26.2 Å². The van der Waals surface area contributed by atoms with Crippen molar-refractivity contribution in [1.82, 2.24) is 4.90 Å². The Kier molecular flexibility index (Phi) is 7.46. The number of hydrogen-bond donors (Lipinski definition) is 1. The van der Waals surface area contributed by atoms with Crippen LogP contribution >= 0.6 is 0 Å². The summed E-state index contributed by atoms with van der Waals surface area (Å²) in [5.41, 5.74) is 0.787. The maximum atomic E-state index is 12.4. The van der Waals surface area contributed by atoms with Gasteiger partial charge in [0.2, 0.25) is 5.91 Å². The molecular weight excluding hydrogens is 389 g/mol. The largest absolute Gasteiger partial charge is 0.573 e. The first-order valence-corrected chi connectivity index (χ1v) is 8.70. The maximum absolute atomic E-state index is 12.4. The van der Waals surface area contributed by atoms with Crippen LogP contribution in [0.1, 0.15) is 12.0 Å². The van der Waals surface area contributed by atoms with Crippen molar-refractivity contribution in [2.75, 3.05) is 26.0 Å². The molecule has 2 amide bonds. The number of aryl methyl sites for hydroxylation is 1. The van der Waals surface area contributed by atoms with Gasteiger partial charge < -0.3 is 19.7 Å². The lowest BCUT2D eigenvalue weighted by atomic mass is 10.1. The fraction of sp³-hybridized carbons (Fsp3) is 0.300. The molecule has 1 N–H and O–H groups in total. The van der Waals surface area contributed by atoms with Crippen LogP contribution in [-0.4, -0.2) is 43.8 Å². The summed E-state index contributed by atoms with van der Waals surface area (Å²) in [5.74, 6) is -0.390. The van der Waals surface area contributed by atoms with Crippen LogP contribution in [0, 0.1) is 0 Å². The van der Waals surface area contributed by atoms with E-state index < -0.39 is 6.36 Å². The molecule has 0 atom stereocenters. The summed E-state index contributed by atoms with van der Waals surface area (Å²) in [6, 6.07) is 12.1. The smallest absolute Gasteiger partial charge is 0.484 e. The first-order chi connectivity index (χ1) is 13.6. The number of alkyl halides is 3. The molecule has 0 saturated carbocycles. The number of carbonyl (C=O) groups excluding carboxylic acids is 2. The van der Waals surface area contributed by atoms with Crippen LogP contribution in [0.5, 0.6) is 11.5 Å². The lowest BCUT2D eigenvalue weighted by Crippen LogP contribution is -2.27. The van der Waals surface area contributed by atoms with Crippen molar-refractivity contribution in [3.05, 3.63) is 54.1 Å². The first kappa shape index (κ1) is 22.1. The Morgan fingerprint density at radius 1 is 1.03 bits per heavy atom. The molecule has 29 heavy (non-hydrogen) atoms. The van der Waals surface area contributed by atoms with Gasteiger partial charge in [-0.1, -0.05) is 18.2 Å². The maximum Gasteiger partial charge on any atom is 0.573 e. The van der Waals surface area contributed by atoms with Crippen molar-refractivity contribution in [2.24, 2.45) is 0 Å². The Hall–Kier alpha value is -3.23. The third kappa shape index (κ3) is 7.73. The molecule has 0 aliphatic heterocycles. The van der Waals surface area contributed by atoms with Gasteiger partial charge in [-0.25, -0.2) is 0 Å². The Balaban J connectivity index is 1.86. The molecule has 6 nitrogen and oxygen atoms in total. The van der Waals surface area contributed by atoms with Crippen LogP contribution in [0.4, 0.5) is 18.9 Å². The van der Waals surface area contributed by atoms with E-state index in [-0.39, 0.29) is 42.6 Å². The Morgan fingerprint density at radius 3 is 2.31 bits per heavy atom. The fourth-order valence-corrected chi connectivity index (χ4v) is 2.31. The van der Waals surface area contributed by atoms with Gasteiger partial charge in [-0.05, 0) is 42.3 Å². The van der Waals surface area contributed by atoms with E-state index in [9.17, 15) is 22.8 Å². The molecule has 0 unspecified atom stereocenters. The number of amides is 2. The molecule has 0 fully saturated rings. The third-order valence-electron chi connectivity index (χ3n) is 3.82. The van der Waals surface area contributed by atoms with Gasteiger partial charge in [-0.3, -0.25) is 9.59 Å². The van der Waals surface area contributed by atoms with Crippen molar-refractivity contribution in [1.29, 1.82) is 0 Å². The van der Waals surface area contributed by atoms with Crippen LogP contribution in [0.25, 0.3) is 0 Å². The number of benzene rings is 2. The average molecular weight is 410 g/mol. The number of anilines is 1. The highest BCUT2D eigenvalue weighted by Crippen LogP contribution is 2.27. The molecule has 0 heterocycles. The van der Waals surface area contributed by atoms with E-state index in [1.807, 2.05) is 0 Å². The highest BCUT2D eigenvalue weighted by atomic mass is 19.4. The topological polar surface area (TPSA) is 67.9 Å². The molecule has 0 aliphatic rings. The minimum absolute atomic E-state index is 0.0200. The number of rotatable bonds is 8. The Labute approximate surface area is 166 Å². The molecule has 2 aromatic rings. The van der Waals surface area contributed by atoms with Crippen molar-refractivity contribution < 1.29 is 32.2 Å². The number of carbonyl (C=O) groups is 2. The minimum Gasteiger partial charge on any atom is -0.484 e. The van der Waals surface area contributed by atoms with Crippen LogP contribution in [0.15, 0.2) is 48.5 Å². The molecule has 2 aromatic carbocycles. The zero-order valence-corrected chi connectivity index (χ0v) is 16.0. The lowest BCUT2D eigenvalue weighted by Gasteiger charge is -2.13. The molecular formula is C20H21F3N2O4. The number of likely N-dealkylation sites (N-methyl/N-ethyl adjacent to an activating group) is 1. The van der Waals surface area contributed by atoms with Gasteiger partial charge >= 0.3 is 6.36 Å². The fourth-order valence-electron chi connectivity index (χ4n) is 2.31. The average Bonchev–Trinajstić information content (AvgIpc) is 2.65. The SMILES string of the molecule is CN(C)C(=O)COc1ccc(NC(=O)CCc2ccccc2OC(F)(F)F)cc1. The molecule has 0 bridgehead atoms. The minimum atomic E-state index is -4.79. The summed E-state index contributed by atoms with van der Waals surface area (Å²) in [6.07, 6.45) is -4.72. The van der Waals surface area contributed by atoms with E-state index in [0.717, 1.165) is 0 Å². The van der Waals surface area contributed by atoms with Gasteiger partial charge in [0.05, 0.1) is 0 Å². The molecule has 0 aliphatic carbocycles. The van der Waals surface area contributed by atoms with E-state index >= 15 is 0 Å². The monoisotopic (exact) mass is 410 g/mol. The van der Waals surface area contributed by atoms with E-state index in [2.05, 4.69) is 10.1 Å². The summed E-state index contributed by atoms with van der Waals surface area (Å²) in [5, 5.41) is 2.66. The summed E-state index contributed by atoms with van der Waals surface area (Å²) < 4.78 is 46.7. The highest BCUT2D eigenvalue weighted by Gasteiger charge is 2.31. The lowest BCUT2D eigenvalue weighted by molar-refractivity contribution is -0.274. The number of para-hydroxylation sites is 1. The molecule has 156 valence electrons. The second-order valence-corrected chi connectivity index (χ2v) is 6.30. The number of halogens is 3. The van der Waals surface area contributed by atoms with Crippen LogP contribution < -0.4 is 14.8 Å². The molecule has 0 radical (unpaired) electrons. The van der Waals surface area contributed by atoms with E-state index in [0.29, 0.717) is 11.4 Å². The molecule has 2 rings (SSSR count). The molecule has 0 aromatic heterocycles. The second-order valence-electron chi connectivity index (χ2n) is 6.30. The zero-order chi connectivity index (χ0) is 21.4. The zero-order valence-electron chi connectivity index (χ0n) is 16.0. The van der Waals surface area contributed by atoms with Crippen molar-refractivity contribution in [3.63, 3.8) is 0 Å². The van der Waals surface area contributed by atoms with E-state index in [4.69, 9.17) is 4.74 Å². The number of nitrogens with zero attached hydrogens (tertiary/aromatic N) is 1. The van der Waals surface area contributed by atoms with Crippen molar-refractivity contribution >= 4 is 17.5 Å². The van der Waals surface area contributed by atoms with Gasteiger partial charge in [0.15, 0.2) is 6.61 Å². The second kappa shape index (κ2) is 9.81. The molecule has 0 saturated heterocycles. The summed E-state index contributed by atoms with van der Waals surface area (Å²) in [6.45, 7) is -0.0991. The van der Waals surface area contributed by atoms with Crippen molar-refractivity contribution in [2.45, 2.75) is 19.2 Å². The van der Waals surface area contributed by atoms with Crippen LogP contribution in [0.2, 0.25) is 0 Å². The first-order valence-electron chi connectivity index (χ1n) is 8.70. The predicted molar refractivity (Wildman–Crippen MR) is 101 cm³/mol. The van der Waals surface area contributed by atoms with Crippen molar-refractivity contribution in [3.8, 4) is 11.5 Å². The third-order valence-corrected chi connectivity index (χ3v) is 3.82. The standard InChI is InChI=1S/C20H21F3N2O4/c1-25(2)19(27)13-28-16-10-8-15(9-11-16)24-18(26)12-7-14-5-3-4-6-17(14)29-20(21,22)23/h3-6,8-11H,7,12-13H2,1-2H3,(H,24,26). The van der Waals surface area contributed by atoms with Crippen LogP contribution in [0.3, 0.4) is 0 Å². The summed E-state index contributed by atoms with van der Waals surface area (Å²) in [4.78, 5) is 25.0. The van der Waals surface area contributed by atoms with Gasteiger partial charge in [-0.2, -0.15) is 0 Å². The van der Waals surface area contributed by atoms with Crippen LogP contribution in [-0.2, 0) is 16.0 Å². The summed E-state index contributed by atoms with van der Waals surface area (Å²) >= 11 is 0. The number of nitrogens with one attached hydrogen (secondary N) is 1. The van der Waals surface area contributed by atoms with Gasteiger partial charge in [0.1, 0.15) is 11.5 Å². The molecule has 0 spiro atoms. The number of hydrogen-bond acceptors (Lipinski definition) is 4. The van der Waals surface area contributed by atoms with E-state index in [1.54, 1.807) is 44.4 Å². The van der Waals surface area contributed by atoms with Gasteiger partial charge in [-0.15, -0.1) is 13.2 Å². The quantitative estimate of drug-likeness (QED) is 0.722.